The fraction of sp³-hybridized carbons (Fsp3) is 0.235. The highest BCUT2D eigenvalue weighted by Crippen LogP contribution is 2.23. The molecule has 2 aromatic heterocycles. The molecule has 0 aliphatic carbocycles. The lowest BCUT2D eigenvalue weighted by Crippen LogP contribution is -2.25. The van der Waals surface area contributed by atoms with Gasteiger partial charge in [-0.3, -0.25) is 4.98 Å². The number of aliphatic hydroxyl groups excluding tert-OH is 1. The molecule has 0 aliphatic heterocycles. The molecule has 0 aliphatic rings. The number of rotatable bonds is 5. The minimum absolute atomic E-state index is 0.0282. The van der Waals surface area contributed by atoms with E-state index in [1.54, 1.807) is 29.5 Å². The fourth-order valence-electron chi connectivity index (χ4n) is 2.36. The van der Waals surface area contributed by atoms with Crippen LogP contribution in [0.25, 0.3) is 10.2 Å². The van der Waals surface area contributed by atoms with Crippen molar-refractivity contribution in [1.82, 2.24) is 10.3 Å². The summed E-state index contributed by atoms with van der Waals surface area (Å²) in [6.45, 7) is 2.29. The van der Waals surface area contributed by atoms with Gasteiger partial charge in [-0.2, -0.15) is 0 Å². The number of aromatic nitrogens is 1. The van der Waals surface area contributed by atoms with Crippen LogP contribution in [0.5, 0.6) is 0 Å². The summed E-state index contributed by atoms with van der Waals surface area (Å²) in [6.07, 6.45) is 0.962. The second-order valence-electron chi connectivity index (χ2n) is 5.24. The zero-order chi connectivity index (χ0) is 15.5. The van der Waals surface area contributed by atoms with Gasteiger partial charge in [-0.1, -0.05) is 18.2 Å². The van der Waals surface area contributed by atoms with Crippen LogP contribution in [0.15, 0.2) is 48.0 Å². The van der Waals surface area contributed by atoms with Crippen molar-refractivity contribution in [2.24, 2.45) is 0 Å². The number of pyridine rings is 1. The first-order valence-corrected chi connectivity index (χ1v) is 8.02. The number of benzene rings is 1. The van der Waals surface area contributed by atoms with Gasteiger partial charge in [-0.05, 0) is 36.1 Å². The molecule has 0 saturated carbocycles. The van der Waals surface area contributed by atoms with E-state index in [0.717, 1.165) is 15.8 Å². The Morgan fingerprint density at radius 3 is 2.95 bits per heavy atom. The lowest BCUT2D eigenvalue weighted by Gasteiger charge is -2.18. The molecule has 2 N–H and O–H groups in total. The van der Waals surface area contributed by atoms with Crippen molar-refractivity contribution in [3.05, 3.63) is 64.9 Å². The van der Waals surface area contributed by atoms with Crippen LogP contribution in [0.4, 0.5) is 4.39 Å². The Morgan fingerprint density at radius 2 is 2.14 bits per heavy atom. The van der Waals surface area contributed by atoms with E-state index >= 15 is 0 Å². The van der Waals surface area contributed by atoms with Gasteiger partial charge in [0.25, 0.3) is 0 Å². The SMILES string of the molecule is CC(NCC(O)c1ccccc1F)c1cnc2ccsc2c1. The third kappa shape index (κ3) is 3.16. The molecule has 3 nitrogen and oxygen atoms in total. The maximum atomic E-state index is 13.6. The quantitative estimate of drug-likeness (QED) is 0.752. The van der Waals surface area contributed by atoms with Crippen LogP contribution in [0, 0.1) is 5.82 Å². The van der Waals surface area contributed by atoms with Crippen molar-refractivity contribution in [3.8, 4) is 0 Å². The molecule has 5 heteroatoms. The van der Waals surface area contributed by atoms with Crippen LogP contribution in [-0.4, -0.2) is 16.6 Å². The van der Waals surface area contributed by atoms with E-state index in [9.17, 15) is 9.50 Å². The summed E-state index contributed by atoms with van der Waals surface area (Å²) in [7, 11) is 0. The van der Waals surface area contributed by atoms with Crippen molar-refractivity contribution < 1.29 is 9.50 Å². The van der Waals surface area contributed by atoms with Crippen LogP contribution < -0.4 is 5.32 Å². The number of fused-ring (bicyclic) bond motifs is 1. The van der Waals surface area contributed by atoms with Crippen molar-refractivity contribution in [3.63, 3.8) is 0 Å². The summed E-state index contributed by atoms with van der Waals surface area (Å²) in [5.41, 5.74) is 2.36. The van der Waals surface area contributed by atoms with Gasteiger partial charge in [0.05, 0.1) is 16.3 Å². The molecular weight excluding hydrogens is 299 g/mol. The molecule has 0 amide bonds. The van der Waals surface area contributed by atoms with Crippen molar-refractivity contribution >= 4 is 21.6 Å². The van der Waals surface area contributed by atoms with Crippen LogP contribution in [0.3, 0.4) is 0 Å². The summed E-state index contributed by atoms with van der Waals surface area (Å²) >= 11 is 1.65. The third-order valence-electron chi connectivity index (χ3n) is 3.71. The standard InChI is InChI=1S/C17H17FN2OS/c1-11(12-8-17-15(20-9-12)6-7-22-17)19-10-16(21)13-4-2-3-5-14(13)18/h2-9,11,16,19,21H,10H2,1H3. The highest BCUT2D eigenvalue weighted by atomic mass is 32.1. The Bertz CT molecular complexity index is 774. The summed E-state index contributed by atoms with van der Waals surface area (Å²) in [5.74, 6) is -0.383. The zero-order valence-corrected chi connectivity index (χ0v) is 13.0. The van der Waals surface area contributed by atoms with E-state index in [2.05, 4.69) is 16.4 Å². The Labute approximate surface area is 132 Å². The molecule has 2 unspecified atom stereocenters. The highest BCUT2D eigenvalue weighted by molar-refractivity contribution is 7.17. The molecule has 2 heterocycles. The molecule has 0 spiro atoms. The summed E-state index contributed by atoms with van der Waals surface area (Å²) < 4.78 is 14.8. The summed E-state index contributed by atoms with van der Waals surface area (Å²) in [5, 5.41) is 15.4. The van der Waals surface area contributed by atoms with Gasteiger partial charge in [0.1, 0.15) is 5.82 Å². The minimum atomic E-state index is -0.873. The van der Waals surface area contributed by atoms with Crippen molar-refractivity contribution in [2.75, 3.05) is 6.54 Å². The number of nitrogens with zero attached hydrogens (tertiary/aromatic N) is 1. The fourth-order valence-corrected chi connectivity index (χ4v) is 3.15. The first-order valence-electron chi connectivity index (χ1n) is 7.14. The summed E-state index contributed by atoms with van der Waals surface area (Å²) in [4.78, 5) is 4.41. The normalized spacial score (nSPS) is 14.1. The topological polar surface area (TPSA) is 45.1 Å². The molecule has 1 aromatic carbocycles. The van der Waals surface area contributed by atoms with Crippen molar-refractivity contribution in [1.29, 1.82) is 0 Å². The lowest BCUT2D eigenvalue weighted by atomic mass is 10.1. The van der Waals surface area contributed by atoms with E-state index in [4.69, 9.17) is 0 Å². The molecule has 0 radical (unpaired) electrons. The smallest absolute Gasteiger partial charge is 0.129 e. The molecule has 2 atom stereocenters. The summed E-state index contributed by atoms with van der Waals surface area (Å²) in [6, 6.07) is 10.4. The van der Waals surface area contributed by atoms with E-state index in [0.29, 0.717) is 5.56 Å². The first-order chi connectivity index (χ1) is 10.6. The minimum Gasteiger partial charge on any atom is -0.387 e. The maximum Gasteiger partial charge on any atom is 0.129 e. The Morgan fingerprint density at radius 1 is 1.32 bits per heavy atom. The Hall–Kier alpha value is -1.82. The van der Waals surface area contributed by atoms with Gasteiger partial charge in [0.15, 0.2) is 0 Å². The molecular formula is C17H17FN2OS. The number of aliphatic hydroxyl groups is 1. The molecule has 0 bridgehead atoms. The van der Waals surface area contributed by atoms with E-state index < -0.39 is 6.10 Å². The van der Waals surface area contributed by atoms with Gasteiger partial charge in [-0.25, -0.2) is 4.39 Å². The zero-order valence-electron chi connectivity index (χ0n) is 12.2. The van der Waals surface area contributed by atoms with Gasteiger partial charge < -0.3 is 10.4 Å². The van der Waals surface area contributed by atoms with Crippen LogP contribution in [-0.2, 0) is 0 Å². The van der Waals surface area contributed by atoms with Gasteiger partial charge in [0, 0.05) is 24.3 Å². The van der Waals surface area contributed by atoms with E-state index in [1.807, 2.05) is 24.6 Å². The van der Waals surface area contributed by atoms with Gasteiger partial charge >= 0.3 is 0 Å². The van der Waals surface area contributed by atoms with E-state index in [-0.39, 0.29) is 18.4 Å². The van der Waals surface area contributed by atoms with E-state index in [1.165, 1.54) is 6.07 Å². The molecule has 0 saturated heterocycles. The van der Waals surface area contributed by atoms with Crippen LogP contribution in [0.2, 0.25) is 0 Å². The third-order valence-corrected chi connectivity index (χ3v) is 4.56. The van der Waals surface area contributed by atoms with Crippen molar-refractivity contribution in [2.45, 2.75) is 19.1 Å². The molecule has 3 aromatic rings. The largest absolute Gasteiger partial charge is 0.387 e. The number of thiophene rings is 1. The van der Waals surface area contributed by atoms with Crippen LogP contribution in [0.1, 0.15) is 30.2 Å². The lowest BCUT2D eigenvalue weighted by molar-refractivity contribution is 0.166. The second-order valence-corrected chi connectivity index (χ2v) is 6.19. The highest BCUT2D eigenvalue weighted by Gasteiger charge is 2.14. The predicted octanol–water partition coefficient (Wildman–Crippen LogP) is 3.82. The van der Waals surface area contributed by atoms with Crippen LogP contribution >= 0.6 is 11.3 Å². The average Bonchev–Trinajstić information content (AvgIpc) is 3.00. The number of nitrogens with one attached hydrogen (secondary N) is 1. The Balaban J connectivity index is 1.66. The number of hydrogen-bond donors (Lipinski definition) is 2. The monoisotopic (exact) mass is 316 g/mol. The maximum absolute atomic E-state index is 13.6. The molecule has 0 fully saturated rings. The van der Waals surface area contributed by atoms with Gasteiger partial charge in [-0.15, -0.1) is 11.3 Å². The van der Waals surface area contributed by atoms with Gasteiger partial charge in [0.2, 0.25) is 0 Å². The number of hydrogen-bond acceptors (Lipinski definition) is 4. The average molecular weight is 316 g/mol. The predicted molar refractivity (Wildman–Crippen MR) is 87.4 cm³/mol. The number of halogens is 1. The first kappa shape index (κ1) is 15.1. The molecule has 114 valence electrons. The second kappa shape index (κ2) is 6.52. The molecule has 22 heavy (non-hydrogen) atoms. The molecule has 3 rings (SSSR count). The Kier molecular flexibility index (Phi) is 4.47.